The third-order valence-corrected chi connectivity index (χ3v) is 3.64. The van der Waals surface area contributed by atoms with Gasteiger partial charge in [-0.05, 0) is 36.4 Å². The summed E-state index contributed by atoms with van der Waals surface area (Å²) in [5.74, 6) is 1.94. The standard InChI is InChI=1S/C21H20N2O3/c1-25-20-13-6-5-12-19(20)22-15-21(24)23-16-8-7-11-18(14-16)26-17-9-3-2-4-10-17/h2-14,22H,15H2,1H3,(H,23,24). The summed E-state index contributed by atoms with van der Waals surface area (Å²) in [6.07, 6.45) is 0. The number of carbonyl (C=O) groups is 1. The Bertz CT molecular complexity index is 866. The Morgan fingerprint density at radius 1 is 0.885 bits per heavy atom. The molecule has 5 heteroatoms. The SMILES string of the molecule is COc1ccccc1NCC(=O)Nc1cccc(Oc2ccccc2)c1. The summed E-state index contributed by atoms with van der Waals surface area (Å²) in [5, 5.41) is 5.92. The highest BCUT2D eigenvalue weighted by molar-refractivity contribution is 5.94. The molecule has 132 valence electrons. The zero-order chi connectivity index (χ0) is 18.2. The Kier molecular flexibility index (Phi) is 5.72. The van der Waals surface area contributed by atoms with Gasteiger partial charge in [0, 0.05) is 11.8 Å². The lowest BCUT2D eigenvalue weighted by Crippen LogP contribution is -2.21. The second-order valence-electron chi connectivity index (χ2n) is 5.54. The molecule has 3 aromatic rings. The van der Waals surface area contributed by atoms with Crippen molar-refractivity contribution < 1.29 is 14.3 Å². The first kappa shape index (κ1) is 17.4. The fourth-order valence-electron chi connectivity index (χ4n) is 2.43. The number of carbonyl (C=O) groups excluding carboxylic acids is 1. The number of hydrogen-bond donors (Lipinski definition) is 2. The lowest BCUT2D eigenvalue weighted by atomic mass is 10.2. The fraction of sp³-hybridized carbons (Fsp3) is 0.0952. The van der Waals surface area contributed by atoms with Crippen LogP contribution in [0.1, 0.15) is 0 Å². The molecule has 3 aromatic carbocycles. The number of methoxy groups -OCH3 is 1. The molecule has 0 heterocycles. The molecule has 26 heavy (non-hydrogen) atoms. The maximum atomic E-state index is 12.2. The smallest absolute Gasteiger partial charge is 0.243 e. The molecule has 0 aliphatic carbocycles. The summed E-state index contributed by atoms with van der Waals surface area (Å²) in [6.45, 7) is 0.129. The molecule has 0 fully saturated rings. The van der Waals surface area contributed by atoms with E-state index in [2.05, 4.69) is 10.6 Å². The molecular formula is C21H20N2O3. The number of hydrogen-bond acceptors (Lipinski definition) is 4. The summed E-state index contributed by atoms with van der Waals surface area (Å²) < 4.78 is 11.0. The van der Waals surface area contributed by atoms with Crippen LogP contribution in [0.25, 0.3) is 0 Å². The molecule has 0 aliphatic rings. The van der Waals surface area contributed by atoms with E-state index < -0.39 is 0 Å². The van der Waals surface area contributed by atoms with Gasteiger partial charge in [0.1, 0.15) is 17.2 Å². The van der Waals surface area contributed by atoms with E-state index in [4.69, 9.17) is 9.47 Å². The molecule has 0 aliphatic heterocycles. The van der Waals surface area contributed by atoms with E-state index in [9.17, 15) is 4.79 Å². The van der Waals surface area contributed by atoms with Gasteiger partial charge in [-0.25, -0.2) is 0 Å². The van der Waals surface area contributed by atoms with Crippen molar-refractivity contribution in [2.24, 2.45) is 0 Å². The number of anilines is 2. The number of ether oxygens (including phenoxy) is 2. The van der Waals surface area contributed by atoms with Crippen LogP contribution in [-0.4, -0.2) is 19.6 Å². The Morgan fingerprint density at radius 2 is 1.62 bits per heavy atom. The van der Waals surface area contributed by atoms with Gasteiger partial charge >= 0.3 is 0 Å². The minimum absolute atomic E-state index is 0.129. The van der Waals surface area contributed by atoms with Crippen LogP contribution in [0.15, 0.2) is 78.9 Å². The first-order chi connectivity index (χ1) is 12.7. The molecule has 2 N–H and O–H groups in total. The van der Waals surface area contributed by atoms with Gasteiger partial charge in [0.2, 0.25) is 5.91 Å². The van der Waals surface area contributed by atoms with Crippen molar-refractivity contribution in [3.8, 4) is 17.2 Å². The van der Waals surface area contributed by atoms with E-state index in [1.165, 1.54) is 0 Å². The van der Waals surface area contributed by atoms with Gasteiger partial charge in [0.05, 0.1) is 19.3 Å². The van der Waals surface area contributed by atoms with E-state index >= 15 is 0 Å². The van der Waals surface area contributed by atoms with Crippen LogP contribution < -0.4 is 20.1 Å². The minimum Gasteiger partial charge on any atom is -0.495 e. The maximum absolute atomic E-state index is 12.2. The molecule has 0 bridgehead atoms. The number of benzene rings is 3. The van der Waals surface area contributed by atoms with Crippen molar-refractivity contribution in [2.45, 2.75) is 0 Å². The van der Waals surface area contributed by atoms with Crippen molar-refractivity contribution in [3.63, 3.8) is 0 Å². The highest BCUT2D eigenvalue weighted by Gasteiger charge is 2.06. The van der Waals surface area contributed by atoms with Crippen molar-refractivity contribution in [1.82, 2.24) is 0 Å². The van der Waals surface area contributed by atoms with Gasteiger partial charge in [-0.1, -0.05) is 36.4 Å². The predicted octanol–water partition coefficient (Wildman–Crippen LogP) is 4.54. The Hall–Kier alpha value is -3.47. The largest absolute Gasteiger partial charge is 0.495 e. The molecule has 0 aromatic heterocycles. The number of nitrogens with one attached hydrogen (secondary N) is 2. The molecular weight excluding hydrogens is 328 g/mol. The third-order valence-electron chi connectivity index (χ3n) is 3.64. The number of amides is 1. The molecule has 0 unspecified atom stereocenters. The van der Waals surface area contributed by atoms with Crippen molar-refractivity contribution in [2.75, 3.05) is 24.3 Å². The topological polar surface area (TPSA) is 59.6 Å². The second-order valence-corrected chi connectivity index (χ2v) is 5.54. The lowest BCUT2D eigenvalue weighted by Gasteiger charge is -2.12. The molecule has 1 amide bonds. The molecule has 0 atom stereocenters. The van der Waals surface area contributed by atoms with Crippen LogP contribution in [0.2, 0.25) is 0 Å². The van der Waals surface area contributed by atoms with Crippen molar-refractivity contribution >= 4 is 17.3 Å². The first-order valence-corrected chi connectivity index (χ1v) is 8.24. The molecule has 0 saturated carbocycles. The van der Waals surface area contributed by atoms with Crippen molar-refractivity contribution in [3.05, 3.63) is 78.9 Å². The highest BCUT2D eigenvalue weighted by Crippen LogP contribution is 2.24. The minimum atomic E-state index is -0.159. The van der Waals surface area contributed by atoms with Gasteiger partial charge < -0.3 is 20.1 Å². The van der Waals surface area contributed by atoms with Gasteiger partial charge in [0.25, 0.3) is 0 Å². The highest BCUT2D eigenvalue weighted by atomic mass is 16.5. The summed E-state index contributed by atoms with van der Waals surface area (Å²) in [5.41, 5.74) is 1.44. The number of rotatable bonds is 7. The van der Waals surface area contributed by atoms with Crippen LogP contribution >= 0.6 is 0 Å². The Labute approximate surface area is 152 Å². The number of para-hydroxylation sites is 3. The van der Waals surface area contributed by atoms with Gasteiger partial charge in [-0.2, -0.15) is 0 Å². The molecule has 0 spiro atoms. The molecule has 0 radical (unpaired) electrons. The van der Waals surface area contributed by atoms with Gasteiger partial charge in [-0.15, -0.1) is 0 Å². The molecule has 3 rings (SSSR count). The molecule has 5 nitrogen and oxygen atoms in total. The van der Waals surface area contributed by atoms with Crippen molar-refractivity contribution in [1.29, 1.82) is 0 Å². The van der Waals surface area contributed by atoms with Crippen LogP contribution in [0.3, 0.4) is 0 Å². The summed E-state index contributed by atoms with van der Waals surface area (Å²) >= 11 is 0. The Morgan fingerprint density at radius 3 is 2.42 bits per heavy atom. The van der Waals surface area contributed by atoms with E-state index in [1.807, 2.05) is 72.8 Å². The normalized spacial score (nSPS) is 10.0. The lowest BCUT2D eigenvalue weighted by molar-refractivity contribution is -0.114. The first-order valence-electron chi connectivity index (χ1n) is 8.24. The van der Waals surface area contributed by atoms with E-state index in [-0.39, 0.29) is 12.5 Å². The monoisotopic (exact) mass is 348 g/mol. The predicted molar refractivity (Wildman–Crippen MR) is 103 cm³/mol. The zero-order valence-electron chi connectivity index (χ0n) is 14.4. The van der Waals surface area contributed by atoms with Crippen LogP contribution in [-0.2, 0) is 4.79 Å². The quantitative estimate of drug-likeness (QED) is 0.658. The zero-order valence-corrected chi connectivity index (χ0v) is 14.4. The summed E-state index contributed by atoms with van der Waals surface area (Å²) in [6, 6.07) is 24.2. The second kappa shape index (κ2) is 8.58. The van der Waals surface area contributed by atoms with E-state index in [0.717, 1.165) is 11.4 Å². The van der Waals surface area contributed by atoms with Gasteiger partial charge in [-0.3, -0.25) is 4.79 Å². The van der Waals surface area contributed by atoms with E-state index in [0.29, 0.717) is 17.2 Å². The van der Waals surface area contributed by atoms with Crippen LogP contribution in [0, 0.1) is 0 Å². The fourth-order valence-corrected chi connectivity index (χ4v) is 2.43. The average molecular weight is 348 g/mol. The third kappa shape index (κ3) is 4.77. The summed E-state index contributed by atoms with van der Waals surface area (Å²) in [7, 11) is 1.60. The van der Waals surface area contributed by atoms with Crippen LogP contribution in [0.4, 0.5) is 11.4 Å². The van der Waals surface area contributed by atoms with E-state index in [1.54, 1.807) is 13.2 Å². The Balaban J connectivity index is 1.58. The van der Waals surface area contributed by atoms with Crippen LogP contribution in [0.5, 0.6) is 17.2 Å². The maximum Gasteiger partial charge on any atom is 0.243 e. The summed E-state index contributed by atoms with van der Waals surface area (Å²) in [4.78, 5) is 12.2. The average Bonchev–Trinajstić information content (AvgIpc) is 2.67. The van der Waals surface area contributed by atoms with Gasteiger partial charge in [0.15, 0.2) is 0 Å². The molecule has 0 saturated heterocycles.